The van der Waals surface area contributed by atoms with Crippen molar-refractivity contribution in [2.24, 2.45) is 0 Å². The van der Waals surface area contributed by atoms with Crippen LogP contribution < -0.4 is 10.2 Å². The molecule has 0 heterocycles. The Bertz CT molecular complexity index is 439. The lowest BCUT2D eigenvalue weighted by molar-refractivity contribution is -0.119. The van der Waals surface area contributed by atoms with Gasteiger partial charge in [-0.2, -0.15) is 5.26 Å². The third-order valence-corrected chi connectivity index (χ3v) is 2.39. The van der Waals surface area contributed by atoms with Crippen LogP contribution in [0.1, 0.15) is 5.56 Å². The van der Waals surface area contributed by atoms with E-state index in [0.29, 0.717) is 16.3 Å². The Kier molecular flexibility index (Phi) is 4.15. The summed E-state index contributed by atoms with van der Waals surface area (Å²) in [6.07, 6.45) is 0. The zero-order valence-electron chi connectivity index (χ0n) is 9.12. The fourth-order valence-corrected chi connectivity index (χ4v) is 1.46. The summed E-state index contributed by atoms with van der Waals surface area (Å²) < 4.78 is 0. The van der Waals surface area contributed by atoms with Gasteiger partial charge in [-0.1, -0.05) is 11.6 Å². The minimum absolute atomic E-state index is 0.119. The van der Waals surface area contributed by atoms with Crippen molar-refractivity contribution in [1.29, 1.82) is 5.26 Å². The van der Waals surface area contributed by atoms with Crippen molar-refractivity contribution in [2.45, 2.75) is 0 Å². The van der Waals surface area contributed by atoms with Gasteiger partial charge in [0, 0.05) is 19.1 Å². The van der Waals surface area contributed by atoms with E-state index in [1.807, 2.05) is 0 Å². The largest absolute Gasteiger partial charge is 0.364 e. The van der Waals surface area contributed by atoms with Gasteiger partial charge in [0.1, 0.15) is 6.07 Å². The molecule has 0 spiro atoms. The molecule has 0 aromatic heterocycles. The molecular weight excluding hydrogens is 226 g/mol. The third kappa shape index (κ3) is 2.88. The van der Waals surface area contributed by atoms with Gasteiger partial charge in [0.15, 0.2) is 0 Å². The van der Waals surface area contributed by atoms with E-state index >= 15 is 0 Å². The van der Waals surface area contributed by atoms with Crippen molar-refractivity contribution in [3.63, 3.8) is 0 Å². The number of carbonyl (C=O) groups excluding carboxylic acids is 1. The molecule has 0 fully saturated rings. The van der Waals surface area contributed by atoms with Crippen LogP contribution in [0.2, 0.25) is 5.02 Å². The number of anilines is 1. The molecule has 1 amide bonds. The number of rotatable bonds is 3. The Hall–Kier alpha value is -1.73. The predicted octanol–water partition coefficient (Wildman–Crippen LogP) is 1.39. The first-order valence-corrected chi connectivity index (χ1v) is 5.07. The van der Waals surface area contributed by atoms with Crippen molar-refractivity contribution in [3.8, 4) is 6.07 Å². The summed E-state index contributed by atoms with van der Waals surface area (Å²) in [6.45, 7) is 0.186. The highest BCUT2D eigenvalue weighted by Gasteiger charge is 2.10. The number of carbonyl (C=O) groups is 1. The molecule has 1 aromatic carbocycles. The number of nitrogens with one attached hydrogen (secondary N) is 1. The van der Waals surface area contributed by atoms with Crippen LogP contribution in [0.4, 0.5) is 5.69 Å². The number of nitriles is 1. The van der Waals surface area contributed by atoms with Gasteiger partial charge in [-0.05, 0) is 18.2 Å². The van der Waals surface area contributed by atoms with Gasteiger partial charge in [-0.15, -0.1) is 0 Å². The van der Waals surface area contributed by atoms with Crippen LogP contribution in [-0.2, 0) is 4.79 Å². The van der Waals surface area contributed by atoms with Crippen LogP contribution in [0, 0.1) is 11.3 Å². The number of likely N-dealkylation sites (N-methyl/N-ethyl adjacent to an activating group) is 2. The average molecular weight is 238 g/mol. The molecule has 0 aliphatic heterocycles. The molecular formula is C11H12ClN3O. The number of hydrogen-bond donors (Lipinski definition) is 1. The van der Waals surface area contributed by atoms with Gasteiger partial charge in [0.05, 0.1) is 17.8 Å². The third-order valence-electron chi connectivity index (χ3n) is 2.15. The maximum Gasteiger partial charge on any atom is 0.239 e. The molecule has 1 rings (SSSR count). The summed E-state index contributed by atoms with van der Waals surface area (Å²) in [7, 11) is 3.31. The van der Waals surface area contributed by atoms with Crippen molar-refractivity contribution >= 4 is 23.2 Å². The minimum Gasteiger partial charge on any atom is -0.364 e. The molecule has 16 heavy (non-hydrogen) atoms. The Balaban J connectivity index is 2.98. The number of halogens is 1. The van der Waals surface area contributed by atoms with Gasteiger partial charge < -0.3 is 10.2 Å². The zero-order chi connectivity index (χ0) is 12.1. The van der Waals surface area contributed by atoms with Gasteiger partial charge in [0.2, 0.25) is 5.91 Å². The summed E-state index contributed by atoms with van der Waals surface area (Å²) in [5.74, 6) is -0.119. The van der Waals surface area contributed by atoms with E-state index in [2.05, 4.69) is 11.4 Å². The highest BCUT2D eigenvalue weighted by molar-refractivity contribution is 6.30. The molecule has 4 nitrogen and oxygen atoms in total. The van der Waals surface area contributed by atoms with E-state index < -0.39 is 0 Å². The molecule has 1 N–H and O–H groups in total. The molecule has 0 unspecified atom stereocenters. The maximum atomic E-state index is 11.2. The molecule has 0 atom stereocenters. The Morgan fingerprint density at radius 2 is 2.31 bits per heavy atom. The molecule has 0 saturated carbocycles. The van der Waals surface area contributed by atoms with Crippen LogP contribution in [-0.4, -0.2) is 26.5 Å². The van der Waals surface area contributed by atoms with E-state index in [4.69, 9.17) is 16.9 Å². The normalized spacial score (nSPS) is 9.38. The summed E-state index contributed by atoms with van der Waals surface area (Å²) in [5, 5.41) is 12.0. The standard InChI is InChI=1S/C11H12ClN3O/c1-14-11(16)7-15(2)10-5-9(12)4-3-8(10)6-13/h3-5H,7H2,1-2H3,(H,14,16). The summed E-state index contributed by atoms with van der Waals surface area (Å²) >= 11 is 5.85. The van der Waals surface area contributed by atoms with Gasteiger partial charge >= 0.3 is 0 Å². The molecule has 0 aliphatic carbocycles. The smallest absolute Gasteiger partial charge is 0.239 e. The van der Waals surface area contributed by atoms with Crippen LogP contribution in [0.25, 0.3) is 0 Å². The van der Waals surface area contributed by atoms with Crippen molar-refractivity contribution in [1.82, 2.24) is 5.32 Å². The van der Waals surface area contributed by atoms with Crippen LogP contribution in [0.5, 0.6) is 0 Å². The first-order chi connectivity index (χ1) is 7.58. The summed E-state index contributed by atoms with van der Waals surface area (Å²) in [6, 6.07) is 7.02. The highest BCUT2D eigenvalue weighted by Crippen LogP contribution is 2.23. The second-order valence-electron chi connectivity index (χ2n) is 3.30. The monoisotopic (exact) mass is 237 g/mol. The zero-order valence-corrected chi connectivity index (χ0v) is 9.88. The first-order valence-electron chi connectivity index (χ1n) is 4.70. The molecule has 0 saturated heterocycles. The Morgan fingerprint density at radius 3 is 2.88 bits per heavy atom. The van der Waals surface area contributed by atoms with Crippen molar-refractivity contribution in [3.05, 3.63) is 28.8 Å². The van der Waals surface area contributed by atoms with Crippen LogP contribution in [0.3, 0.4) is 0 Å². The number of amides is 1. The number of nitrogens with zero attached hydrogens (tertiary/aromatic N) is 2. The minimum atomic E-state index is -0.119. The molecule has 5 heteroatoms. The van der Waals surface area contributed by atoms with Crippen molar-refractivity contribution in [2.75, 3.05) is 25.5 Å². The van der Waals surface area contributed by atoms with E-state index in [1.54, 1.807) is 37.2 Å². The number of hydrogen-bond acceptors (Lipinski definition) is 3. The molecule has 1 aromatic rings. The van der Waals surface area contributed by atoms with Crippen LogP contribution in [0.15, 0.2) is 18.2 Å². The van der Waals surface area contributed by atoms with E-state index in [-0.39, 0.29) is 12.5 Å². The van der Waals surface area contributed by atoms with Gasteiger partial charge in [-0.25, -0.2) is 0 Å². The first kappa shape index (κ1) is 12.3. The molecule has 0 radical (unpaired) electrons. The molecule has 84 valence electrons. The SMILES string of the molecule is CNC(=O)CN(C)c1cc(Cl)ccc1C#N. The second-order valence-corrected chi connectivity index (χ2v) is 3.74. The Labute approximate surface area is 99.4 Å². The summed E-state index contributed by atoms with van der Waals surface area (Å²) in [5.41, 5.74) is 1.15. The van der Waals surface area contributed by atoms with Gasteiger partial charge in [0.25, 0.3) is 0 Å². The highest BCUT2D eigenvalue weighted by atomic mass is 35.5. The lowest BCUT2D eigenvalue weighted by Crippen LogP contribution is -2.33. The lowest BCUT2D eigenvalue weighted by atomic mass is 10.2. The Morgan fingerprint density at radius 1 is 1.62 bits per heavy atom. The van der Waals surface area contributed by atoms with E-state index in [0.717, 1.165) is 0 Å². The quantitative estimate of drug-likeness (QED) is 0.865. The topological polar surface area (TPSA) is 56.1 Å². The van der Waals surface area contributed by atoms with Crippen molar-refractivity contribution < 1.29 is 4.79 Å². The molecule has 0 aliphatic rings. The van der Waals surface area contributed by atoms with Crippen LogP contribution >= 0.6 is 11.6 Å². The maximum absolute atomic E-state index is 11.2. The van der Waals surface area contributed by atoms with E-state index in [9.17, 15) is 4.79 Å². The second kappa shape index (κ2) is 5.38. The molecule has 0 bridgehead atoms. The predicted molar refractivity (Wildman–Crippen MR) is 63.5 cm³/mol. The summed E-state index contributed by atoms with van der Waals surface area (Å²) in [4.78, 5) is 12.9. The fraction of sp³-hybridized carbons (Fsp3) is 0.273. The average Bonchev–Trinajstić information content (AvgIpc) is 2.28. The number of benzene rings is 1. The van der Waals surface area contributed by atoms with E-state index in [1.165, 1.54) is 0 Å². The fourth-order valence-electron chi connectivity index (χ4n) is 1.29. The lowest BCUT2D eigenvalue weighted by Gasteiger charge is -2.19. The van der Waals surface area contributed by atoms with Gasteiger partial charge in [-0.3, -0.25) is 4.79 Å².